The van der Waals surface area contributed by atoms with Gasteiger partial charge < -0.3 is 9.88 Å². The van der Waals surface area contributed by atoms with E-state index >= 15 is 0 Å². The van der Waals surface area contributed by atoms with Crippen LogP contribution in [0.4, 0.5) is 5.82 Å². The second kappa shape index (κ2) is 4.82. The zero-order chi connectivity index (χ0) is 14.3. The molecule has 0 saturated carbocycles. The van der Waals surface area contributed by atoms with Gasteiger partial charge in [0.15, 0.2) is 5.82 Å². The summed E-state index contributed by atoms with van der Waals surface area (Å²) in [4.78, 5) is 11.0. The van der Waals surface area contributed by atoms with Gasteiger partial charge in [0.05, 0.1) is 11.4 Å². The topological polar surface area (TPSA) is 68.5 Å². The first kappa shape index (κ1) is 13.0. The van der Waals surface area contributed by atoms with Crippen LogP contribution in [0.2, 0.25) is 0 Å². The van der Waals surface area contributed by atoms with Crippen LogP contribution < -0.4 is 5.32 Å². The molecule has 0 aliphatic rings. The summed E-state index contributed by atoms with van der Waals surface area (Å²) in [5.74, 6) is 1.73. The summed E-state index contributed by atoms with van der Waals surface area (Å²) in [5.41, 5.74) is 1.23. The van der Waals surface area contributed by atoms with Crippen LogP contribution in [0, 0.1) is 13.8 Å². The minimum Gasteiger partial charge on any atom is -0.360 e. The van der Waals surface area contributed by atoms with Crippen LogP contribution in [-0.4, -0.2) is 24.7 Å². The minimum absolute atomic E-state index is 0.0280. The third-order valence-electron chi connectivity index (χ3n) is 3.45. The SMILES string of the molecule is Cc1sc2ncnc(NC(C)c3nncn3C)c2c1C. The molecule has 0 aliphatic carbocycles. The second-order valence-electron chi connectivity index (χ2n) is 4.85. The molecule has 0 bridgehead atoms. The van der Waals surface area contributed by atoms with Gasteiger partial charge in [-0.3, -0.25) is 0 Å². The van der Waals surface area contributed by atoms with E-state index in [0.717, 1.165) is 21.9 Å². The summed E-state index contributed by atoms with van der Waals surface area (Å²) in [6, 6.07) is 0.0280. The average molecular weight is 288 g/mol. The first-order valence-corrected chi connectivity index (χ1v) is 7.20. The lowest BCUT2D eigenvalue weighted by Crippen LogP contribution is -2.13. The molecule has 0 radical (unpaired) electrons. The van der Waals surface area contributed by atoms with Crippen LogP contribution in [0.5, 0.6) is 0 Å². The van der Waals surface area contributed by atoms with Crippen molar-refractivity contribution in [1.82, 2.24) is 24.7 Å². The lowest BCUT2D eigenvalue weighted by atomic mass is 10.2. The Balaban J connectivity index is 2.01. The second-order valence-corrected chi connectivity index (χ2v) is 6.05. The molecule has 0 aliphatic heterocycles. The maximum Gasteiger partial charge on any atom is 0.154 e. The average Bonchev–Trinajstić information content (AvgIpc) is 2.95. The molecule has 1 atom stereocenters. The fourth-order valence-corrected chi connectivity index (χ4v) is 3.24. The fourth-order valence-electron chi connectivity index (χ4n) is 2.25. The molecule has 20 heavy (non-hydrogen) atoms. The maximum absolute atomic E-state index is 4.39. The molecule has 1 N–H and O–H groups in total. The number of nitrogens with one attached hydrogen (secondary N) is 1. The van der Waals surface area contributed by atoms with Gasteiger partial charge in [0, 0.05) is 11.9 Å². The van der Waals surface area contributed by atoms with Gasteiger partial charge in [-0.05, 0) is 26.3 Å². The van der Waals surface area contributed by atoms with E-state index in [-0.39, 0.29) is 6.04 Å². The summed E-state index contributed by atoms with van der Waals surface area (Å²) >= 11 is 1.70. The van der Waals surface area contributed by atoms with Crippen LogP contribution >= 0.6 is 11.3 Å². The standard InChI is InChI=1S/C13H16N6S/c1-7-9(3)20-13-10(7)11(14-5-15-13)17-8(2)12-18-16-6-19(12)4/h5-6,8H,1-4H3,(H,14,15,17). The Kier molecular flexibility index (Phi) is 3.13. The molecular weight excluding hydrogens is 272 g/mol. The predicted octanol–water partition coefficient (Wildman–Crippen LogP) is 2.61. The summed E-state index contributed by atoms with van der Waals surface area (Å²) in [5, 5.41) is 12.6. The number of hydrogen-bond acceptors (Lipinski definition) is 6. The van der Waals surface area contributed by atoms with Gasteiger partial charge in [-0.15, -0.1) is 21.5 Å². The van der Waals surface area contributed by atoms with E-state index in [0.29, 0.717) is 0 Å². The van der Waals surface area contributed by atoms with E-state index < -0.39 is 0 Å². The zero-order valence-corrected chi connectivity index (χ0v) is 12.7. The van der Waals surface area contributed by atoms with Crippen LogP contribution in [0.15, 0.2) is 12.7 Å². The fraction of sp³-hybridized carbons (Fsp3) is 0.385. The number of nitrogens with zero attached hydrogens (tertiary/aromatic N) is 5. The Morgan fingerprint density at radius 2 is 2.10 bits per heavy atom. The smallest absolute Gasteiger partial charge is 0.154 e. The van der Waals surface area contributed by atoms with Gasteiger partial charge in [-0.2, -0.15) is 0 Å². The van der Waals surface area contributed by atoms with Gasteiger partial charge >= 0.3 is 0 Å². The van der Waals surface area contributed by atoms with Gasteiger partial charge in [0.1, 0.15) is 23.3 Å². The normalized spacial score (nSPS) is 12.8. The lowest BCUT2D eigenvalue weighted by molar-refractivity contribution is 0.717. The van der Waals surface area contributed by atoms with Crippen molar-refractivity contribution in [3.05, 3.63) is 28.9 Å². The Hall–Kier alpha value is -2.02. The van der Waals surface area contributed by atoms with E-state index in [1.165, 1.54) is 10.4 Å². The highest BCUT2D eigenvalue weighted by atomic mass is 32.1. The van der Waals surface area contributed by atoms with Crippen molar-refractivity contribution in [3.8, 4) is 0 Å². The number of aromatic nitrogens is 5. The van der Waals surface area contributed by atoms with Crippen molar-refractivity contribution >= 4 is 27.4 Å². The molecule has 3 aromatic rings. The molecule has 0 spiro atoms. The zero-order valence-electron chi connectivity index (χ0n) is 11.9. The number of aryl methyl sites for hydroxylation is 3. The summed E-state index contributed by atoms with van der Waals surface area (Å²) in [7, 11) is 1.93. The van der Waals surface area contributed by atoms with Crippen molar-refractivity contribution in [2.45, 2.75) is 26.8 Å². The van der Waals surface area contributed by atoms with Crippen molar-refractivity contribution < 1.29 is 0 Å². The van der Waals surface area contributed by atoms with Crippen LogP contribution in [-0.2, 0) is 7.05 Å². The molecule has 3 aromatic heterocycles. The largest absolute Gasteiger partial charge is 0.360 e. The highest BCUT2D eigenvalue weighted by Crippen LogP contribution is 2.33. The third kappa shape index (κ3) is 2.03. The number of thiophene rings is 1. The van der Waals surface area contributed by atoms with Crippen molar-refractivity contribution in [2.75, 3.05) is 5.32 Å². The molecule has 104 valence electrons. The molecule has 3 rings (SSSR count). The number of anilines is 1. The molecular formula is C13H16N6S. The van der Waals surface area contributed by atoms with Crippen LogP contribution in [0.1, 0.15) is 29.2 Å². The van der Waals surface area contributed by atoms with Gasteiger partial charge in [-0.1, -0.05) is 0 Å². The Morgan fingerprint density at radius 1 is 1.30 bits per heavy atom. The van der Waals surface area contributed by atoms with E-state index in [2.05, 4.69) is 39.3 Å². The van der Waals surface area contributed by atoms with Crippen LogP contribution in [0.3, 0.4) is 0 Å². The minimum atomic E-state index is 0.0280. The highest BCUT2D eigenvalue weighted by molar-refractivity contribution is 7.18. The molecule has 0 aromatic carbocycles. The van der Waals surface area contributed by atoms with Crippen molar-refractivity contribution in [2.24, 2.45) is 7.05 Å². The molecule has 1 unspecified atom stereocenters. The van der Waals surface area contributed by atoms with E-state index in [1.807, 2.05) is 18.5 Å². The number of fused-ring (bicyclic) bond motifs is 1. The Morgan fingerprint density at radius 3 is 2.80 bits per heavy atom. The Bertz CT molecular complexity index is 759. The summed E-state index contributed by atoms with van der Waals surface area (Å²) < 4.78 is 1.90. The van der Waals surface area contributed by atoms with Crippen molar-refractivity contribution in [3.63, 3.8) is 0 Å². The first-order chi connectivity index (χ1) is 9.58. The molecule has 3 heterocycles. The van der Waals surface area contributed by atoms with Crippen LogP contribution in [0.25, 0.3) is 10.2 Å². The Labute approximate surface area is 120 Å². The quantitative estimate of drug-likeness (QED) is 0.802. The van der Waals surface area contributed by atoms with E-state index in [1.54, 1.807) is 24.0 Å². The molecule has 0 amide bonds. The predicted molar refractivity (Wildman–Crippen MR) is 79.9 cm³/mol. The molecule has 0 fully saturated rings. The summed E-state index contributed by atoms with van der Waals surface area (Å²) in [6.07, 6.45) is 3.30. The van der Waals surface area contributed by atoms with Gasteiger partial charge in [0.25, 0.3) is 0 Å². The number of rotatable bonds is 3. The third-order valence-corrected chi connectivity index (χ3v) is 4.57. The molecule has 7 heteroatoms. The highest BCUT2D eigenvalue weighted by Gasteiger charge is 2.16. The van der Waals surface area contributed by atoms with Crippen molar-refractivity contribution in [1.29, 1.82) is 0 Å². The molecule has 0 saturated heterocycles. The van der Waals surface area contributed by atoms with E-state index in [4.69, 9.17) is 0 Å². The lowest BCUT2D eigenvalue weighted by Gasteiger charge is -2.14. The summed E-state index contributed by atoms with van der Waals surface area (Å²) in [6.45, 7) is 6.26. The molecule has 6 nitrogen and oxygen atoms in total. The van der Waals surface area contributed by atoms with Gasteiger partial charge in [-0.25, -0.2) is 9.97 Å². The number of hydrogen-bond donors (Lipinski definition) is 1. The maximum atomic E-state index is 4.39. The monoisotopic (exact) mass is 288 g/mol. The first-order valence-electron chi connectivity index (χ1n) is 6.39. The van der Waals surface area contributed by atoms with Gasteiger partial charge in [0.2, 0.25) is 0 Å². The van der Waals surface area contributed by atoms with E-state index in [9.17, 15) is 0 Å².